The minimum atomic E-state index is -0.786. The van der Waals surface area contributed by atoms with Crippen LogP contribution in [0.5, 0.6) is 0 Å². The number of amides is 1. The van der Waals surface area contributed by atoms with Crippen LogP contribution < -0.4 is 5.32 Å². The predicted octanol–water partition coefficient (Wildman–Crippen LogP) is 4.14. The molecule has 0 fully saturated rings. The van der Waals surface area contributed by atoms with E-state index in [2.05, 4.69) is 22.2 Å². The minimum Gasteiger partial charge on any atom is -0.459 e. The molecule has 6 nitrogen and oxygen atoms in total. The Morgan fingerprint density at radius 3 is 2.79 bits per heavy atom. The first kappa shape index (κ1) is 22.3. The molecule has 1 aromatic heterocycles. The lowest BCUT2D eigenvalue weighted by Crippen LogP contribution is -2.43. The van der Waals surface area contributed by atoms with Gasteiger partial charge in [0.05, 0.1) is 0 Å². The van der Waals surface area contributed by atoms with Crippen molar-refractivity contribution < 1.29 is 14.3 Å². The van der Waals surface area contributed by atoms with Gasteiger partial charge in [-0.3, -0.25) is 4.79 Å². The van der Waals surface area contributed by atoms with Gasteiger partial charge in [0.15, 0.2) is 5.16 Å². The number of esters is 1. The lowest BCUT2D eigenvalue weighted by atomic mass is 10.1. The fraction of sp³-hybridized carbons (Fsp3) is 0.450. The van der Waals surface area contributed by atoms with E-state index >= 15 is 0 Å². The van der Waals surface area contributed by atoms with Gasteiger partial charge in [0.2, 0.25) is 5.91 Å². The van der Waals surface area contributed by atoms with E-state index < -0.39 is 12.0 Å². The van der Waals surface area contributed by atoms with Crippen LogP contribution in [0.4, 0.5) is 0 Å². The fourth-order valence-electron chi connectivity index (χ4n) is 2.49. The van der Waals surface area contributed by atoms with E-state index in [1.54, 1.807) is 30.1 Å². The van der Waals surface area contributed by atoms with E-state index in [-0.39, 0.29) is 18.9 Å². The number of benzene rings is 1. The Labute approximate surface area is 174 Å². The molecular weight excluding hydrogens is 398 g/mol. The molecule has 0 aliphatic carbocycles. The highest BCUT2D eigenvalue weighted by Gasteiger charge is 2.24. The molecule has 0 saturated carbocycles. The molecule has 0 aliphatic heterocycles. The lowest BCUT2D eigenvalue weighted by molar-refractivity contribution is -0.149. The third-order valence-corrected chi connectivity index (χ3v) is 5.36. The molecular formula is C20H26ClN3O3S. The lowest BCUT2D eigenvalue weighted by Gasteiger charge is -2.17. The number of hydrogen-bond acceptors (Lipinski definition) is 5. The zero-order valence-corrected chi connectivity index (χ0v) is 17.7. The number of halogens is 1. The summed E-state index contributed by atoms with van der Waals surface area (Å²) in [4.78, 5) is 32.2. The Morgan fingerprint density at radius 2 is 2.07 bits per heavy atom. The van der Waals surface area contributed by atoms with E-state index in [4.69, 9.17) is 16.3 Å². The summed E-state index contributed by atoms with van der Waals surface area (Å²) in [5.41, 5.74) is 1.49. The molecule has 1 aromatic carbocycles. The third kappa shape index (κ3) is 7.20. The summed E-state index contributed by atoms with van der Waals surface area (Å²) in [5.74, 6) is 0.285. The van der Waals surface area contributed by atoms with Gasteiger partial charge in [-0.15, -0.1) is 0 Å². The number of aromatic amines is 1. The number of ether oxygens (including phenoxy) is 1. The van der Waals surface area contributed by atoms with Crippen molar-refractivity contribution in [2.75, 3.05) is 5.75 Å². The Hall–Kier alpha value is -1.99. The summed E-state index contributed by atoms with van der Waals surface area (Å²) in [6.45, 7) is 4.07. The Balaban J connectivity index is 2.03. The normalized spacial score (nSPS) is 11.8. The SMILES string of the molecule is CCCSc1ncc(C[C@H](NC(=O)CCC)C(=O)OCc2ccccc2Cl)[nH]1. The summed E-state index contributed by atoms with van der Waals surface area (Å²) in [5, 5.41) is 4.11. The fourth-order valence-corrected chi connectivity index (χ4v) is 3.40. The second kappa shape index (κ2) is 11.8. The van der Waals surface area contributed by atoms with Crippen LogP contribution in [-0.2, 0) is 27.4 Å². The summed E-state index contributed by atoms with van der Waals surface area (Å²) in [6.07, 6.45) is 4.09. The number of aromatic nitrogens is 2. The predicted molar refractivity (Wildman–Crippen MR) is 111 cm³/mol. The summed E-state index contributed by atoms with van der Waals surface area (Å²) in [7, 11) is 0. The van der Waals surface area contributed by atoms with Crippen molar-refractivity contribution in [3.63, 3.8) is 0 Å². The van der Waals surface area contributed by atoms with Gasteiger partial charge in [-0.25, -0.2) is 9.78 Å². The highest BCUT2D eigenvalue weighted by molar-refractivity contribution is 7.99. The summed E-state index contributed by atoms with van der Waals surface area (Å²) in [6, 6.07) is 6.40. The zero-order chi connectivity index (χ0) is 20.4. The van der Waals surface area contributed by atoms with Gasteiger partial charge in [0.1, 0.15) is 12.6 Å². The third-order valence-electron chi connectivity index (χ3n) is 3.90. The maximum Gasteiger partial charge on any atom is 0.329 e. The molecule has 28 heavy (non-hydrogen) atoms. The van der Waals surface area contributed by atoms with Crippen molar-refractivity contribution >= 4 is 35.2 Å². The van der Waals surface area contributed by atoms with Gasteiger partial charge < -0.3 is 15.0 Å². The second-order valence-corrected chi connectivity index (χ2v) is 7.83. The standard InChI is InChI=1S/C20H26ClN3O3S/c1-3-7-18(25)24-17(11-15-12-22-20(23-15)28-10-4-2)19(26)27-13-14-8-5-6-9-16(14)21/h5-6,8-9,12,17H,3-4,7,10-11,13H2,1-2H3,(H,22,23)(H,24,25)/t17-/m0/s1. The van der Waals surface area contributed by atoms with E-state index in [0.29, 0.717) is 17.9 Å². The number of thioether (sulfide) groups is 1. The molecule has 2 aromatic rings. The van der Waals surface area contributed by atoms with Gasteiger partial charge in [-0.2, -0.15) is 0 Å². The van der Waals surface area contributed by atoms with E-state index in [0.717, 1.165) is 28.6 Å². The van der Waals surface area contributed by atoms with Crippen LogP contribution in [0.3, 0.4) is 0 Å². The Kier molecular flexibility index (Phi) is 9.37. The molecule has 2 rings (SSSR count). The second-order valence-electron chi connectivity index (χ2n) is 6.34. The average Bonchev–Trinajstić information content (AvgIpc) is 3.12. The first-order chi connectivity index (χ1) is 13.5. The van der Waals surface area contributed by atoms with Gasteiger partial charge in [-0.1, -0.05) is 55.4 Å². The van der Waals surface area contributed by atoms with Crippen LogP contribution in [0.15, 0.2) is 35.6 Å². The van der Waals surface area contributed by atoms with Crippen LogP contribution >= 0.6 is 23.4 Å². The highest BCUT2D eigenvalue weighted by Crippen LogP contribution is 2.17. The number of rotatable bonds is 11. The Bertz CT molecular complexity index is 782. The molecule has 0 radical (unpaired) electrons. The van der Waals surface area contributed by atoms with Gasteiger partial charge in [-0.05, 0) is 18.9 Å². The van der Waals surface area contributed by atoms with Crippen molar-refractivity contribution in [2.24, 2.45) is 0 Å². The van der Waals surface area contributed by atoms with Crippen LogP contribution in [0.2, 0.25) is 5.02 Å². The number of carbonyl (C=O) groups is 2. The van der Waals surface area contributed by atoms with Crippen LogP contribution in [-0.4, -0.2) is 33.6 Å². The molecule has 0 spiro atoms. The molecule has 1 atom stereocenters. The smallest absolute Gasteiger partial charge is 0.329 e. The monoisotopic (exact) mass is 423 g/mol. The highest BCUT2D eigenvalue weighted by atomic mass is 35.5. The van der Waals surface area contributed by atoms with Gasteiger partial charge in [0, 0.05) is 41.1 Å². The molecule has 0 bridgehead atoms. The number of nitrogens with one attached hydrogen (secondary N) is 2. The van der Waals surface area contributed by atoms with Crippen molar-refractivity contribution in [3.05, 3.63) is 46.7 Å². The number of imidazole rings is 1. The summed E-state index contributed by atoms with van der Waals surface area (Å²) < 4.78 is 5.42. The molecule has 0 aliphatic rings. The van der Waals surface area contributed by atoms with Crippen molar-refractivity contribution in [1.29, 1.82) is 0 Å². The van der Waals surface area contributed by atoms with E-state index in [1.807, 2.05) is 19.1 Å². The van der Waals surface area contributed by atoms with E-state index in [1.165, 1.54) is 0 Å². The first-order valence-electron chi connectivity index (χ1n) is 9.39. The van der Waals surface area contributed by atoms with E-state index in [9.17, 15) is 9.59 Å². The van der Waals surface area contributed by atoms with Crippen LogP contribution in [0.25, 0.3) is 0 Å². The van der Waals surface area contributed by atoms with Crippen molar-refractivity contribution in [2.45, 2.75) is 57.3 Å². The molecule has 0 unspecified atom stereocenters. The molecule has 152 valence electrons. The molecule has 0 saturated heterocycles. The maximum atomic E-state index is 12.6. The first-order valence-corrected chi connectivity index (χ1v) is 10.8. The topological polar surface area (TPSA) is 84.1 Å². The Morgan fingerprint density at radius 1 is 1.29 bits per heavy atom. The number of nitrogens with zero attached hydrogens (tertiary/aromatic N) is 1. The number of hydrogen-bond donors (Lipinski definition) is 2. The number of H-pyrrole nitrogens is 1. The van der Waals surface area contributed by atoms with Gasteiger partial charge >= 0.3 is 5.97 Å². The largest absolute Gasteiger partial charge is 0.459 e. The molecule has 1 heterocycles. The summed E-state index contributed by atoms with van der Waals surface area (Å²) >= 11 is 7.73. The average molecular weight is 424 g/mol. The van der Waals surface area contributed by atoms with Crippen LogP contribution in [0.1, 0.15) is 44.4 Å². The van der Waals surface area contributed by atoms with Crippen LogP contribution in [0, 0.1) is 0 Å². The maximum absolute atomic E-state index is 12.6. The minimum absolute atomic E-state index is 0.0548. The number of carbonyl (C=O) groups excluding carboxylic acids is 2. The quantitative estimate of drug-likeness (QED) is 0.419. The zero-order valence-electron chi connectivity index (χ0n) is 16.2. The molecule has 2 N–H and O–H groups in total. The van der Waals surface area contributed by atoms with Gasteiger partial charge in [0.25, 0.3) is 0 Å². The molecule has 1 amide bonds. The molecule has 8 heteroatoms. The van der Waals surface area contributed by atoms with Crippen molar-refractivity contribution in [3.8, 4) is 0 Å². The van der Waals surface area contributed by atoms with Crippen molar-refractivity contribution in [1.82, 2.24) is 15.3 Å².